The summed E-state index contributed by atoms with van der Waals surface area (Å²) in [5.41, 5.74) is 6.97. The van der Waals surface area contributed by atoms with Gasteiger partial charge in [-0.1, -0.05) is 12.1 Å². The second-order valence-corrected chi connectivity index (χ2v) is 9.34. The number of hydrogen-bond acceptors (Lipinski definition) is 9. The summed E-state index contributed by atoms with van der Waals surface area (Å²) in [6.07, 6.45) is 3.91. The number of aromatic nitrogens is 4. The van der Waals surface area contributed by atoms with Crippen LogP contribution in [-0.2, 0) is 14.8 Å². The van der Waals surface area contributed by atoms with Gasteiger partial charge in [-0.3, -0.25) is 19.4 Å². The summed E-state index contributed by atoms with van der Waals surface area (Å²) < 4.78 is 31.3. The topological polar surface area (TPSA) is 202 Å². The number of unbranched alkanes of at least 4 members (excludes halogenated alkanes) is 1. The molecule has 2 heterocycles. The molecule has 0 bridgehead atoms. The van der Waals surface area contributed by atoms with Crippen molar-refractivity contribution in [1.29, 1.82) is 0 Å². The molecule has 0 aliphatic rings. The number of nitrogens with two attached hydrogens (primary N) is 1. The number of carbonyl (C=O) groups is 2. The number of sulfonamides is 1. The van der Waals surface area contributed by atoms with Crippen molar-refractivity contribution in [2.75, 3.05) is 22.4 Å². The molecule has 3 rings (SSSR count). The molecule has 1 amide bonds. The van der Waals surface area contributed by atoms with E-state index in [9.17, 15) is 18.0 Å². The number of anilines is 3. The maximum atomic E-state index is 12.2. The van der Waals surface area contributed by atoms with E-state index in [0.29, 0.717) is 36.4 Å². The third kappa shape index (κ3) is 7.14. The van der Waals surface area contributed by atoms with Gasteiger partial charge in [0, 0.05) is 17.7 Å². The predicted octanol–water partition coefficient (Wildman–Crippen LogP) is 2.10. The zero-order valence-corrected chi connectivity index (χ0v) is 19.6. The summed E-state index contributed by atoms with van der Waals surface area (Å²) in [5, 5.41) is 18.4. The zero-order chi connectivity index (χ0) is 25.4. The minimum absolute atomic E-state index is 0.0566. The van der Waals surface area contributed by atoms with Gasteiger partial charge >= 0.3 is 5.97 Å². The number of carbonyl (C=O) groups excluding carboxylic acids is 1. The lowest BCUT2D eigenvalue weighted by atomic mass is 10.1. The van der Waals surface area contributed by atoms with Gasteiger partial charge in [0.05, 0.1) is 30.4 Å². The van der Waals surface area contributed by atoms with Crippen molar-refractivity contribution in [1.82, 2.24) is 20.2 Å². The number of benzene rings is 1. The van der Waals surface area contributed by atoms with Crippen LogP contribution in [0.4, 0.5) is 17.3 Å². The summed E-state index contributed by atoms with van der Waals surface area (Å²) in [6, 6.07) is 6.37. The van der Waals surface area contributed by atoms with E-state index in [-0.39, 0.29) is 35.3 Å². The quantitative estimate of drug-likeness (QED) is 0.215. The molecule has 3 aromatic rings. The third-order valence-electron chi connectivity index (χ3n) is 4.75. The van der Waals surface area contributed by atoms with Gasteiger partial charge in [0.2, 0.25) is 15.9 Å². The largest absolute Gasteiger partial charge is 0.481 e. The van der Waals surface area contributed by atoms with Crippen LogP contribution < -0.4 is 20.5 Å². The standard InChI is InChI=1S/C21H25N7O6S/c1-2-35(32,33)28-14-8-6-13(7-9-14)19-18(20(22)31)21(27-26-19)25-15-11-24-16(12-23-15)34-10-4-3-5-17(29)30/h6-9,11-12,28H,2-5,10H2,1H3,(H2,22,31)(H,29,30)(H2,23,25,26,27). The minimum Gasteiger partial charge on any atom is -0.481 e. The van der Waals surface area contributed by atoms with Crippen molar-refractivity contribution < 1.29 is 27.9 Å². The predicted molar refractivity (Wildman–Crippen MR) is 128 cm³/mol. The summed E-state index contributed by atoms with van der Waals surface area (Å²) in [5.74, 6) is -0.954. The van der Waals surface area contributed by atoms with E-state index >= 15 is 0 Å². The van der Waals surface area contributed by atoms with E-state index in [1.807, 2.05) is 0 Å². The molecule has 0 saturated heterocycles. The highest BCUT2D eigenvalue weighted by Gasteiger charge is 2.20. The molecule has 35 heavy (non-hydrogen) atoms. The van der Waals surface area contributed by atoms with E-state index in [0.717, 1.165) is 0 Å². The van der Waals surface area contributed by atoms with Gasteiger partial charge in [0.25, 0.3) is 5.91 Å². The first kappa shape index (κ1) is 25.4. The Balaban J connectivity index is 1.69. The Bertz CT molecular complexity index is 1270. The number of rotatable bonds is 13. The van der Waals surface area contributed by atoms with Crippen LogP contribution in [0, 0.1) is 0 Å². The Labute approximate surface area is 201 Å². The average Bonchev–Trinajstić information content (AvgIpc) is 3.24. The average molecular weight is 504 g/mol. The van der Waals surface area contributed by atoms with Crippen molar-refractivity contribution in [3.8, 4) is 17.1 Å². The number of carboxylic acids is 1. The first-order valence-corrected chi connectivity index (χ1v) is 12.3. The monoisotopic (exact) mass is 503 g/mol. The van der Waals surface area contributed by atoms with Gasteiger partial charge in [0.1, 0.15) is 11.4 Å². The molecule has 0 radical (unpaired) electrons. The van der Waals surface area contributed by atoms with E-state index in [2.05, 4.69) is 30.2 Å². The van der Waals surface area contributed by atoms with Crippen molar-refractivity contribution in [2.24, 2.45) is 5.73 Å². The SMILES string of the molecule is CCS(=O)(=O)Nc1ccc(-c2[nH]nc(Nc3cnc(OCCCCC(=O)O)cn3)c2C(N)=O)cc1. The van der Waals surface area contributed by atoms with Gasteiger partial charge in [-0.25, -0.2) is 18.4 Å². The van der Waals surface area contributed by atoms with Crippen LogP contribution in [0.15, 0.2) is 36.7 Å². The van der Waals surface area contributed by atoms with Gasteiger partial charge in [0.15, 0.2) is 5.82 Å². The smallest absolute Gasteiger partial charge is 0.303 e. The summed E-state index contributed by atoms with van der Waals surface area (Å²) in [4.78, 5) is 31.0. The Morgan fingerprint density at radius 3 is 2.49 bits per heavy atom. The highest BCUT2D eigenvalue weighted by Crippen LogP contribution is 2.29. The molecule has 186 valence electrons. The number of aliphatic carboxylic acids is 1. The van der Waals surface area contributed by atoms with Gasteiger partial charge in [-0.2, -0.15) is 5.10 Å². The van der Waals surface area contributed by atoms with Crippen LogP contribution in [0.5, 0.6) is 5.88 Å². The number of nitrogens with zero attached hydrogens (tertiary/aromatic N) is 3. The van der Waals surface area contributed by atoms with Crippen LogP contribution in [0.1, 0.15) is 36.5 Å². The highest BCUT2D eigenvalue weighted by molar-refractivity contribution is 7.92. The van der Waals surface area contributed by atoms with Crippen LogP contribution in [-0.4, -0.2) is 57.9 Å². The van der Waals surface area contributed by atoms with Crippen molar-refractivity contribution in [3.63, 3.8) is 0 Å². The fourth-order valence-electron chi connectivity index (χ4n) is 2.97. The Morgan fingerprint density at radius 1 is 1.14 bits per heavy atom. The van der Waals surface area contributed by atoms with E-state index in [1.54, 1.807) is 24.3 Å². The van der Waals surface area contributed by atoms with Crippen molar-refractivity contribution in [3.05, 3.63) is 42.2 Å². The summed E-state index contributed by atoms with van der Waals surface area (Å²) >= 11 is 0. The van der Waals surface area contributed by atoms with Crippen LogP contribution in [0.3, 0.4) is 0 Å². The molecule has 0 spiro atoms. The maximum Gasteiger partial charge on any atom is 0.303 e. The Morgan fingerprint density at radius 2 is 1.89 bits per heavy atom. The molecule has 0 saturated carbocycles. The summed E-state index contributed by atoms with van der Waals surface area (Å²) in [7, 11) is -3.41. The number of amides is 1. The lowest BCUT2D eigenvalue weighted by Gasteiger charge is -2.08. The van der Waals surface area contributed by atoms with E-state index in [4.69, 9.17) is 15.6 Å². The first-order chi connectivity index (χ1) is 16.7. The second-order valence-electron chi connectivity index (χ2n) is 7.33. The molecule has 6 N–H and O–H groups in total. The van der Waals surface area contributed by atoms with Gasteiger partial charge in [-0.05, 0) is 31.9 Å². The number of aromatic amines is 1. The van der Waals surface area contributed by atoms with Gasteiger partial charge < -0.3 is 20.9 Å². The van der Waals surface area contributed by atoms with Gasteiger partial charge in [-0.15, -0.1) is 0 Å². The number of ether oxygens (including phenoxy) is 1. The van der Waals surface area contributed by atoms with Crippen molar-refractivity contribution in [2.45, 2.75) is 26.2 Å². The molecule has 0 unspecified atom stereocenters. The Hall–Kier alpha value is -4.20. The van der Waals surface area contributed by atoms with Crippen LogP contribution >= 0.6 is 0 Å². The van der Waals surface area contributed by atoms with Crippen molar-refractivity contribution >= 4 is 39.2 Å². The normalized spacial score (nSPS) is 11.1. The first-order valence-electron chi connectivity index (χ1n) is 10.6. The van der Waals surface area contributed by atoms with E-state index in [1.165, 1.54) is 19.3 Å². The molecule has 0 aliphatic heterocycles. The molecule has 0 aliphatic carbocycles. The van der Waals surface area contributed by atoms with Crippen LogP contribution in [0.25, 0.3) is 11.3 Å². The number of primary amides is 1. The fourth-order valence-corrected chi connectivity index (χ4v) is 3.61. The maximum absolute atomic E-state index is 12.2. The lowest BCUT2D eigenvalue weighted by Crippen LogP contribution is -2.14. The molecule has 0 fully saturated rings. The molecule has 13 nitrogen and oxygen atoms in total. The molecular weight excluding hydrogens is 478 g/mol. The summed E-state index contributed by atoms with van der Waals surface area (Å²) in [6.45, 7) is 1.84. The lowest BCUT2D eigenvalue weighted by molar-refractivity contribution is -0.137. The molecule has 0 atom stereocenters. The minimum atomic E-state index is -3.41. The number of nitrogens with one attached hydrogen (secondary N) is 3. The third-order valence-corrected chi connectivity index (χ3v) is 6.06. The van der Waals surface area contributed by atoms with E-state index < -0.39 is 21.9 Å². The van der Waals surface area contributed by atoms with Crippen LogP contribution in [0.2, 0.25) is 0 Å². The molecule has 14 heteroatoms. The highest BCUT2D eigenvalue weighted by atomic mass is 32.2. The number of carboxylic acid groups (broad SMARTS) is 1. The second kappa shape index (κ2) is 11.3. The Kier molecular flexibility index (Phi) is 8.20. The number of hydrogen-bond donors (Lipinski definition) is 5. The zero-order valence-electron chi connectivity index (χ0n) is 18.8. The fraction of sp³-hybridized carbons (Fsp3) is 0.286. The number of H-pyrrole nitrogens is 1. The molecular formula is C21H25N7O6S. The molecule has 2 aromatic heterocycles. The molecule has 1 aromatic carbocycles.